The number of sulfone groups is 1. The van der Waals surface area contributed by atoms with E-state index in [2.05, 4.69) is 4.74 Å². The monoisotopic (exact) mass is 150 g/mol. The van der Waals surface area contributed by atoms with Crippen molar-refractivity contribution >= 4 is 15.6 Å². The van der Waals surface area contributed by atoms with Crippen LogP contribution in [0.15, 0.2) is 0 Å². The molecule has 0 spiro atoms. The summed E-state index contributed by atoms with van der Waals surface area (Å²) in [7, 11) is -3.20. The molecule has 0 aromatic rings. The summed E-state index contributed by atoms with van der Waals surface area (Å²) >= 11 is 0. The van der Waals surface area contributed by atoms with Crippen molar-refractivity contribution < 1.29 is 17.9 Å². The molecule has 0 aromatic heterocycles. The fourth-order valence-corrected chi connectivity index (χ4v) is 1.61. The van der Waals surface area contributed by atoms with Crippen molar-refractivity contribution in [3.05, 3.63) is 0 Å². The van der Waals surface area contributed by atoms with Gasteiger partial charge in [0.15, 0.2) is 15.6 Å². The molecule has 1 fully saturated rings. The van der Waals surface area contributed by atoms with Gasteiger partial charge in [0.05, 0.1) is 0 Å². The molecule has 1 aliphatic heterocycles. The average Bonchev–Trinajstić information content (AvgIpc) is 1.60. The molecule has 0 unspecified atom stereocenters. The van der Waals surface area contributed by atoms with E-state index < -0.39 is 9.84 Å². The Morgan fingerprint density at radius 3 is 2.44 bits per heavy atom. The lowest BCUT2D eigenvalue weighted by Crippen LogP contribution is -2.30. The minimum Gasteiger partial charge on any atom is -0.358 e. The third-order valence-electron chi connectivity index (χ3n) is 0.907. The van der Waals surface area contributed by atoms with Crippen LogP contribution in [0, 0.1) is 0 Å². The second kappa shape index (κ2) is 2.07. The summed E-state index contributed by atoms with van der Waals surface area (Å²) in [5.41, 5.74) is 0. The van der Waals surface area contributed by atoms with Crippen molar-refractivity contribution in [2.45, 2.75) is 0 Å². The molecule has 1 saturated heterocycles. The van der Waals surface area contributed by atoms with Gasteiger partial charge in [0.1, 0.15) is 18.3 Å². The fourth-order valence-electron chi connectivity index (χ4n) is 0.611. The van der Waals surface area contributed by atoms with Crippen molar-refractivity contribution in [3.63, 3.8) is 0 Å². The standard InChI is InChI=1S/C4H6O4S/c5-4-1-8-3-9(6,7)2-4/h1-3H2. The maximum atomic E-state index is 10.5. The summed E-state index contributed by atoms with van der Waals surface area (Å²) in [6, 6.07) is 0. The molecule has 0 aromatic carbocycles. The number of carbonyl (C=O) groups is 1. The Labute approximate surface area is 52.7 Å². The Kier molecular flexibility index (Phi) is 1.54. The summed E-state index contributed by atoms with van der Waals surface area (Å²) in [5.74, 6) is -1.02. The van der Waals surface area contributed by atoms with Gasteiger partial charge in [-0.1, -0.05) is 0 Å². The molecular formula is C4H6O4S. The van der Waals surface area contributed by atoms with E-state index in [1.54, 1.807) is 0 Å². The van der Waals surface area contributed by atoms with E-state index in [0.717, 1.165) is 0 Å². The number of ether oxygens (including phenoxy) is 1. The van der Waals surface area contributed by atoms with Crippen LogP contribution in [0.1, 0.15) is 0 Å². The highest BCUT2D eigenvalue weighted by Gasteiger charge is 2.22. The van der Waals surface area contributed by atoms with Crippen molar-refractivity contribution in [1.29, 1.82) is 0 Å². The average molecular weight is 150 g/mol. The lowest BCUT2D eigenvalue weighted by molar-refractivity contribution is -0.121. The number of hydrogen-bond donors (Lipinski definition) is 0. The first-order valence-corrected chi connectivity index (χ1v) is 4.22. The lowest BCUT2D eigenvalue weighted by atomic mass is 10.5. The zero-order valence-corrected chi connectivity index (χ0v) is 5.48. The van der Waals surface area contributed by atoms with Crippen molar-refractivity contribution in [2.24, 2.45) is 0 Å². The van der Waals surface area contributed by atoms with Crippen LogP contribution in [-0.2, 0) is 19.4 Å². The molecule has 0 saturated carbocycles. The number of hydrogen-bond acceptors (Lipinski definition) is 4. The zero-order chi connectivity index (χ0) is 6.91. The van der Waals surface area contributed by atoms with E-state index in [-0.39, 0.29) is 24.1 Å². The third kappa shape index (κ3) is 1.76. The zero-order valence-electron chi connectivity index (χ0n) is 4.66. The molecule has 9 heavy (non-hydrogen) atoms. The van der Waals surface area contributed by atoms with Crippen LogP contribution >= 0.6 is 0 Å². The first-order valence-electron chi connectivity index (χ1n) is 2.40. The van der Waals surface area contributed by atoms with Gasteiger partial charge in [0.2, 0.25) is 0 Å². The Balaban J connectivity index is 2.73. The van der Waals surface area contributed by atoms with Crippen LogP contribution in [0.2, 0.25) is 0 Å². The summed E-state index contributed by atoms with van der Waals surface area (Å²) in [5, 5.41) is 0. The Bertz CT molecular complexity index is 215. The fraction of sp³-hybridized carbons (Fsp3) is 0.750. The molecule has 0 atom stereocenters. The third-order valence-corrected chi connectivity index (χ3v) is 2.19. The molecule has 52 valence electrons. The van der Waals surface area contributed by atoms with Crippen LogP contribution in [0.4, 0.5) is 0 Å². The number of carbonyl (C=O) groups excluding carboxylic acids is 1. The molecule has 1 rings (SSSR count). The van der Waals surface area contributed by atoms with Gasteiger partial charge < -0.3 is 4.74 Å². The van der Waals surface area contributed by atoms with Gasteiger partial charge in [-0.15, -0.1) is 0 Å². The maximum absolute atomic E-state index is 10.5. The van der Waals surface area contributed by atoms with Gasteiger partial charge in [-0.05, 0) is 0 Å². The van der Waals surface area contributed by atoms with E-state index in [4.69, 9.17) is 0 Å². The van der Waals surface area contributed by atoms with Gasteiger partial charge >= 0.3 is 0 Å². The normalized spacial score (nSPS) is 26.0. The predicted molar refractivity (Wildman–Crippen MR) is 29.6 cm³/mol. The van der Waals surface area contributed by atoms with Crippen molar-refractivity contribution in [3.8, 4) is 0 Å². The van der Waals surface area contributed by atoms with Crippen LogP contribution in [0.25, 0.3) is 0 Å². The molecule has 4 nitrogen and oxygen atoms in total. The largest absolute Gasteiger partial charge is 0.358 e. The Morgan fingerprint density at radius 1 is 1.44 bits per heavy atom. The summed E-state index contributed by atoms with van der Waals surface area (Å²) < 4.78 is 25.5. The first-order chi connectivity index (χ1) is 4.10. The molecule has 0 N–H and O–H groups in total. The molecule has 1 heterocycles. The summed E-state index contributed by atoms with van der Waals surface area (Å²) in [6.07, 6.45) is 0. The number of rotatable bonds is 0. The Hall–Kier alpha value is -0.420. The second-order valence-electron chi connectivity index (χ2n) is 1.89. The van der Waals surface area contributed by atoms with Crippen LogP contribution in [0.3, 0.4) is 0 Å². The first kappa shape index (κ1) is 6.70. The minimum absolute atomic E-state index is 0.0563. The highest BCUT2D eigenvalue weighted by Crippen LogP contribution is 1.98. The quantitative estimate of drug-likeness (QED) is 0.442. The molecule has 5 heteroatoms. The molecule has 0 radical (unpaired) electrons. The van der Waals surface area contributed by atoms with Crippen molar-refractivity contribution in [2.75, 3.05) is 18.3 Å². The molecule has 1 aliphatic rings. The highest BCUT2D eigenvalue weighted by molar-refractivity contribution is 7.92. The van der Waals surface area contributed by atoms with E-state index in [0.29, 0.717) is 0 Å². The Morgan fingerprint density at radius 2 is 2.11 bits per heavy atom. The SMILES string of the molecule is O=C1COCS(=O)(=O)C1. The minimum atomic E-state index is -3.20. The number of Topliss-reactive ketones (excluding diaryl/α,β-unsaturated/α-hetero) is 1. The van der Waals surface area contributed by atoms with Gasteiger partial charge in [-0.2, -0.15) is 0 Å². The van der Waals surface area contributed by atoms with E-state index in [1.165, 1.54) is 0 Å². The van der Waals surface area contributed by atoms with Crippen LogP contribution < -0.4 is 0 Å². The van der Waals surface area contributed by atoms with Gasteiger partial charge in [-0.3, -0.25) is 4.79 Å². The van der Waals surface area contributed by atoms with Gasteiger partial charge in [0.25, 0.3) is 0 Å². The van der Waals surface area contributed by atoms with Gasteiger partial charge in [-0.25, -0.2) is 8.42 Å². The second-order valence-corrected chi connectivity index (χ2v) is 3.90. The van der Waals surface area contributed by atoms with E-state index in [1.807, 2.05) is 0 Å². The molecule has 0 amide bonds. The van der Waals surface area contributed by atoms with E-state index in [9.17, 15) is 13.2 Å². The summed E-state index contributed by atoms with van der Waals surface area (Å²) in [4.78, 5) is 10.4. The van der Waals surface area contributed by atoms with E-state index >= 15 is 0 Å². The molecular weight excluding hydrogens is 144 g/mol. The van der Waals surface area contributed by atoms with Crippen LogP contribution in [0.5, 0.6) is 0 Å². The predicted octanol–water partition coefficient (Wildman–Crippen LogP) is -1.04. The van der Waals surface area contributed by atoms with Crippen LogP contribution in [-0.4, -0.2) is 32.5 Å². The smallest absolute Gasteiger partial charge is 0.181 e. The number of ketones is 1. The van der Waals surface area contributed by atoms with Crippen molar-refractivity contribution in [1.82, 2.24) is 0 Å². The lowest BCUT2D eigenvalue weighted by Gasteiger charge is -2.09. The van der Waals surface area contributed by atoms with Gasteiger partial charge in [0, 0.05) is 0 Å². The molecule has 0 bridgehead atoms. The molecule has 0 aliphatic carbocycles. The summed E-state index contributed by atoms with van der Waals surface area (Å²) in [6.45, 7) is -0.0563. The highest BCUT2D eigenvalue weighted by atomic mass is 32.2. The topological polar surface area (TPSA) is 60.4 Å². The maximum Gasteiger partial charge on any atom is 0.181 e.